The van der Waals surface area contributed by atoms with Crippen molar-refractivity contribution in [3.05, 3.63) is 66.2 Å². The molecule has 0 saturated heterocycles. The Balaban J connectivity index is 1.55. The van der Waals surface area contributed by atoms with E-state index in [0.717, 1.165) is 48.4 Å². The molecule has 0 radical (unpaired) electrons. The molecule has 1 N–H and O–H groups in total. The number of ether oxygens (including phenoxy) is 1. The Morgan fingerprint density at radius 3 is 2.47 bits per heavy atom. The highest BCUT2D eigenvalue weighted by Crippen LogP contribution is 2.18. The molecule has 30 heavy (non-hydrogen) atoms. The fraction of sp³-hybridized carbons (Fsp3) is 0.304. The minimum absolute atomic E-state index is 0.147. The highest BCUT2D eigenvalue weighted by Gasteiger charge is 2.15. The Labute approximate surface area is 175 Å². The van der Waals surface area contributed by atoms with Gasteiger partial charge in [0.2, 0.25) is 0 Å². The number of aromatic nitrogens is 3. The summed E-state index contributed by atoms with van der Waals surface area (Å²) < 4.78 is 4.94. The first kappa shape index (κ1) is 21.2. The lowest BCUT2D eigenvalue weighted by molar-refractivity contribution is -0.137. The first-order valence-electron chi connectivity index (χ1n) is 10.1. The average Bonchev–Trinajstić information content (AvgIpc) is 3.19. The molecular weight excluding hydrogens is 380 g/mol. The third-order valence-electron chi connectivity index (χ3n) is 4.67. The molecule has 0 unspecified atom stereocenters. The molecule has 1 amide bonds. The number of rotatable bonds is 10. The van der Waals surface area contributed by atoms with E-state index in [0.29, 0.717) is 24.4 Å². The molecule has 156 valence electrons. The van der Waals surface area contributed by atoms with Crippen molar-refractivity contribution < 1.29 is 14.3 Å². The maximum absolute atomic E-state index is 12.8. The molecule has 0 aliphatic rings. The Bertz CT molecular complexity index is 1010. The van der Waals surface area contributed by atoms with Gasteiger partial charge in [-0.1, -0.05) is 31.2 Å². The van der Waals surface area contributed by atoms with E-state index in [1.165, 1.54) is 4.80 Å². The lowest BCUT2D eigenvalue weighted by Gasteiger charge is -2.10. The molecule has 1 heterocycles. The number of aryl methyl sites for hydroxylation is 1. The highest BCUT2D eigenvalue weighted by atomic mass is 16.5. The molecule has 0 spiro atoms. The van der Waals surface area contributed by atoms with Crippen molar-refractivity contribution in [1.29, 1.82) is 0 Å². The monoisotopic (exact) mass is 406 g/mol. The van der Waals surface area contributed by atoms with E-state index >= 15 is 0 Å². The summed E-state index contributed by atoms with van der Waals surface area (Å²) in [6.07, 6.45) is 4.69. The van der Waals surface area contributed by atoms with Crippen molar-refractivity contribution in [3.63, 3.8) is 0 Å². The van der Waals surface area contributed by atoms with Gasteiger partial charge in [-0.25, -0.2) is 4.79 Å². The van der Waals surface area contributed by atoms with Crippen molar-refractivity contribution in [2.24, 2.45) is 0 Å². The molecule has 7 nitrogen and oxygen atoms in total. The van der Waals surface area contributed by atoms with Crippen LogP contribution in [0.15, 0.2) is 55.1 Å². The van der Waals surface area contributed by atoms with Crippen LogP contribution in [0.5, 0.6) is 0 Å². The van der Waals surface area contributed by atoms with E-state index in [1.54, 1.807) is 0 Å². The van der Waals surface area contributed by atoms with E-state index in [1.807, 2.05) is 49.4 Å². The zero-order chi connectivity index (χ0) is 21.3. The fourth-order valence-electron chi connectivity index (χ4n) is 3.08. The number of nitrogens with one attached hydrogen (secondary N) is 1. The molecule has 0 atom stereocenters. The smallest absolute Gasteiger partial charge is 0.330 e. The number of fused-ring (bicyclic) bond motifs is 1. The van der Waals surface area contributed by atoms with Crippen molar-refractivity contribution in [2.45, 2.75) is 32.6 Å². The molecular formula is C23H26N4O3. The van der Waals surface area contributed by atoms with Crippen molar-refractivity contribution in [1.82, 2.24) is 20.3 Å². The standard InChI is InChI=1S/C23H26N4O3/c1-3-22(28)30-15-9-5-4-8-14-24-23(29)18-13-12-17(2)16-21(18)27-25-19-10-6-7-11-20(19)26-27/h3,6-7,10-13,16H,1,4-5,8-9,14-15H2,2H3,(H,24,29). The largest absolute Gasteiger partial charge is 0.463 e. The van der Waals surface area contributed by atoms with Crippen LogP contribution in [-0.4, -0.2) is 40.0 Å². The second-order valence-electron chi connectivity index (χ2n) is 7.04. The molecule has 3 aromatic rings. The number of nitrogens with zero attached hydrogens (tertiary/aromatic N) is 3. The first-order chi connectivity index (χ1) is 14.6. The predicted molar refractivity (Wildman–Crippen MR) is 116 cm³/mol. The number of carbonyl (C=O) groups is 2. The third-order valence-corrected chi connectivity index (χ3v) is 4.67. The van der Waals surface area contributed by atoms with Crippen molar-refractivity contribution >= 4 is 22.9 Å². The summed E-state index contributed by atoms with van der Waals surface area (Å²) in [6, 6.07) is 13.2. The van der Waals surface area contributed by atoms with Crippen LogP contribution in [0.4, 0.5) is 0 Å². The lowest BCUT2D eigenvalue weighted by atomic mass is 10.1. The lowest BCUT2D eigenvalue weighted by Crippen LogP contribution is -2.26. The van der Waals surface area contributed by atoms with Gasteiger partial charge >= 0.3 is 5.97 Å². The summed E-state index contributed by atoms with van der Waals surface area (Å²) >= 11 is 0. The first-order valence-corrected chi connectivity index (χ1v) is 10.1. The molecule has 0 aliphatic carbocycles. The Hall–Kier alpha value is -3.48. The number of esters is 1. The second-order valence-corrected chi connectivity index (χ2v) is 7.04. The SMILES string of the molecule is C=CC(=O)OCCCCCCNC(=O)c1ccc(C)cc1-n1nc2ccccc2n1. The van der Waals surface area contributed by atoms with Gasteiger partial charge in [0.1, 0.15) is 11.0 Å². The van der Waals surface area contributed by atoms with Crippen LogP contribution in [0.1, 0.15) is 41.6 Å². The summed E-state index contributed by atoms with van der Waals surface area (Å²) in [5.41, 5.74) is 3.79. The Kier molecular flexibility index (Phi) is 7.32. The fourth-order valence-corrected chi connectivity index (χ4v) is 3.08. The van der Waals surface area contributed by atoms with Crippen LogP contribution < -0.4 is 5.32 Å². The molecule has 0 aliphatic heterocycles. The minimum atomic E-state index is -0.393. The van der Waals surface area contributed by atoms with Gasteiger partial charge in [-0.3, -0.25) is 4.79 Å². The van der Waals surface area contributed by atoms with Crippen molar-refractivity contribution in [3.8, 4) is 5.69 Å². The summed E-state index contributed by atoms with van der Waals surface area (Å²) in [7, 11) is 0. The summed E-state index contributed by atoms with van der Waals surface area (Å²) in [5, 5.41) is 12.0. The number of unbranched alkanes of at least 4 members (excludes halogenated alkanes) is 3. The maximum Gasteiger partial charge on any atom is 0.330 e. The highest BCUT2D eigenvalue weighted by molar-refractivity contribution is 5.97. The van der Waals surface area contributed by atoms with Gasteiger partial charge in [-0.15, -0.1) is 15.0 Å². The molecule has 0 fully saturated rings. The van der Waals surface area contributed by atoms with Crippen LogP contribution in [0.3, 0.4) is 0 Å². The molecule has 7 heteroatoms. The van der Waals surface area contributed by atoms with Gasteiger partial charge in [-0.05, 0) is 56.0 Å². The third kappa shape index (κ3) is 5.53. The molecule has 1 aromatic heterocycles. The van der Waals surface area contributed by atoms with Gasteiger partial charge in [0, 0.05) is 12.6 Å². The van der Waals surface area contributed by atoms with Crippen molar-refractivity contribution in [2.75, 3.05) is 13.2 Å². The van der Waals surface area contributed by atoms with Gasteiger partial charge in [-0.2, -0.15) is 0 Å². The van der Waals surface area contributed by atoms with E-state index in [4.69, 9.17) is 4.74 Å². The average molecular weight is 406 g/mol. The van der Waals surface area contributed by atoms with Crippen LogP contribution in [0.2, 0.25) is 0 Å². The Morgan fingerprint density at radius 2 is 1.77 bits per heavy atom. The van der Waals surface area contributed by atoms with Crippen LogP contribution in [0, 0.1) is 6.92 Å². The zero-order valence-electron chi connectivity index (χ0n) is 17.1. The summed E-state index contributed by atoms with van der Waals surface area (Å²) in [5.74, 6) is -0.540. The van der Waals surface area contributed by atoms with Crippen LogP contribution in [-0.2, 0) is 9.53 Å². The van der Waals surface area contributed by atoms with Crippen LogP contribution >= 0.6 is 0 Å². The normalized spacial score (nSPS) is 10.7. The summed E-state index contributed by atoms with van der Waals surface area (Å²) in [4.78, 5) is 25.2. The number of benzene rings is 2. The van der Waals surface area contributed by atoms with Gasteiger partial charge in [0.15, 0.2) is 0 Å². The summed E-state index contributed by atoms with van der Waals surface area (Å²) in [6.45, 7) is 6.31. The van der Waals surface area contributed by atoms with E-state index in [-0.39, 0.29) is 5.91 Å². The van der Waals surface area contributed by atoms with Gasteiger partial charge in [0.05, 0.1) is 17.9 Å². The predicted octanol–water partition coefficient (Wildman–Crippen LogP) is 3.75. The molecule has 0 bridgehead atoms. The molecule has 3 rings (SSSR count). The van der Waals surface area contributed by atoms with Gasteiger partial charge < -0.3 is 10.1 Å². The van der Waals surface area contributed by atoms with Gasteiger partial charge in [0.25, 0.3) is 5.91 Å². The van der Waals surface area contributed by atoms with Crippen LogP contribution in [0.25, 0.3) is 16.7 Å². The van der Waals surface area contributed by atoms with E-state index in [9.17, 15) is 9.59 Å². The maximum atomic E-state index is 12.8. The molecule has 0 saturated carbocycles. The Morgan fingerprint density at radius 1 is 1.07 bits per heavy atom. The second kappa shape index (κ2) is 10.3. The quantitative estimate of drug-likeness (QED) is 0.315. The number of amides is 1. The zero-order valence-corrected chi connectivity index (χ0v) is 17.1. The molecule has 2 aromatic carbocycles. The number of hydrogen-bond donors (Lipinski definition) is 1. The topological polar surface area (TPSA) is 86.1 Å². The number of hydrogen-bond acceptors (Lipinski definition) is 5. The number of carbonyl (C=O) groups excluding carboxylic acids is 2. The van der Waals surface area contributed by atoms with E-state index < -0.39 is 5.97 Å². The minimum Gasteiger partial charge on any atom is -0.463 e. The van der Waals surface area contributed by atoms with E-state index in [2.05, 4.69) is 22.1 Å².